The lowest BCUT2D eigenvalue weighted by Gasteiger charge is -2.31. The fraction of sp³-hybridized carbons (Fsp3) is 0.0200. The molecular formula is C50H29N. The van der Waals surface area contributed by atoms with Crippen molar-refractivity contribution in [3.63, 3.8) is 0 Å². The molecule has 0 N–H and O–H groups in total. The van der Waals surface area contributed by atoms with Gasteiger partial charge >= 0.3 is 0 Å². The molecule has 51 heavy (non-hydrogen) atoms. The van der Waals surface area contributed by atoms with E-state index in [0.29, 0.717) is 0 Å². The van der Waals surface area contributed by atoms with Crippen LogP contribution in [0, 0.1) is 0 Å². The van der Waals surface area contributed by atoms with E-state index in [0.717, 1.165) is 5.56 Å². The number of nitrogens with zero attached hydrogens (tertiary/aromatic N) is 1. The van der Waals surface area contributed by atoms with Crippen molar-refractivity contribution in [3.8, 4) is 66.8 Å². The van der Waals surface area contributed by atoms with Crippen LogP contribution in [0.15, 0.2) is 176 Å². The minimum absolute atomic E-state index is 0.434. The van der Waals surface area contributed by atoms with Gasteiger partial charge in [0.2, 0.25) is 0 Å². The van der Waals surface area contributed by atoms with Crippen molar-refractivity contribution < 1.29 is 0 Å². The Labute approximate surface area is 296 Å². The molecule has 1 spiro atoms. The summed E-state index contributed by atoms with van der Waals surface area (Å²) >= 11 is 0. The van der Waals surface area contributed by atoms with Crippen LogP contribution in [-0.2, 0) is 5.41 Å². The Morgan fingerprint density at radius 3 is 1.65 bits per heavy atom. The molecule has 0 amide bonds. The van der Waals surface area contributed by atoms with E-state index in [-0.39, 0.29) is 0 Å². The minimum Gasteiger partial charge on any atom is -0.264 e. The van der Waals surface area contributed by atoms with E-state index in [9.17, 15) is 0 Å². The number of fused-ring (bicyclic) bond motifs is 14. The molecule has 1 nitrogen and oxygen atoms in total. The molecule has 3 aliphatic carbocycles. The highest BCUT2D eigenvalue weighted by atomic mass is 14.6. The Bertz CT molecular complexity index is 2920. The van der Waals surface area contributed by atoms with Gasteiger partial charge in [0.1, 0.15) is 0 Å². The van der Waals surface area contributed by atoms with Gasteiger partial charge in [-0.3, -0.25) is 4.98 Å². The molecule has 0 saturated heterocycles. The smallest absolute Gasteiger partial charge is 0.0725 e. The third-order valence-electron chi connectivity index (χ3n) is 11.9. The SMILES string of the molecule is c1cncc(-c2ccc(-c3c4c(cc5c3-c3ccccc3C53c5ccccc5-c5ccccc53)-c3cccc5cccc-4c35)c3ccccc23)c1. The lowest BCUT2D eigenvalue weighted by atomic mass is 9.69. The van der Waals surface area contributed by atoms with Crippen LogP contribution in [-0.4, -0.2) is 4.98 Å². The van der Waals surface area contributed by atoms with Gasteiger partial charge in [0.25, 0.3) is 0 Å². The van der Waals surface area contributed by atoms with Crippen molar-refractivity contribution in [2.45, 2.75) is 5.41 Å². The second-order valence-corrected chi connectivity index (χ2v) is 14.1. The number of rotatable bonds is 2. The Morgan fingerprint density at radius 1 is 0.353 bits per heavy atom. The summed E-state index contributed by atoms with van der Waals surface area (Å²) in [6.45, 7) is 0. The first-order valence-corrected chi connectivity index (χ1v) is 17.8. The molecule has 0 fully saturated rings. The van der Waals surface area contributed by atoms with Crippen molar-refractivity contribution in [3.05, 3.63) is 198 Å². The molecule has 0 saturated carbocycles. The highest BCUT2D eigenvalue weighted by molar-refractivity contribution is 6.23. The summed E-state index contributed by atoms with van der Waals surface area (Å²) < 4.78 is 0. The predicted molar refractivity (Wildman–Crippen MR) is 211 cm³/mol. The maximum absolute atomic E-state index is 4.49. The summed E-state index contributed by atoms with van der Waals surface area (Å²) in [6, 6.07) is 61.5. The number of pyridine rings is 1. The molecule has 1 aromatic heterocycles. The van der Waals surface area contributed by atoms with Gasteiger partial charge in [0, 0.05) is 18.0 Å². The van der Waals surface area contributed by atoms with Crippen molar-refractivity contribution in [2.24, 2.45) is 0 Å². The monoisotopic (exact) mass is 643 g/mol. The number of aromatic nitrogens is 1. The van der Waals surface area contributed by atoms with Crippen LogP contribution in [0.5, 0.6) is 0 Å². The van der Waals surface area contributed by atoms with Crippen molar-refractivity contribution in [2.75, 3.05) is 0 Å². The number of benzene rings is 8. The van der Waals surface area contributed by atoms with Gasteiger partial charge in [-0.1, -0.05) is 152 Å². The average molecular weight is 644 g/mol. The van der Waals surface area contributed by atoms with Gasteiger partial charge in [-0.2, -0.15) is 0 Å². The largest absolute Gasteiger partial charge is 0.264 e. The maximum Gasteiger partial charge on any atom is 0.0725 e. The molecule has 9 aromatic rings. The molecule has 8 aromatic carbocycles. The topological polar surface area (TPSA) is 12.9 Å². The van der Waals surface area contributed by atoms with Crippen LogP contribution < -0.4 is 0 Å². The lowest BCUT2D eigenvalue weighted by Crippen LogP contribution is -2.26. The fourth-order valence-corrected chi connectivity index (χ4v) is 10.1. The average Bonchev–Trinajstić information content (AvgIpc) is 3.80. The van der Waals surface area contributed by atoms with E-state index >= 15 is 0 Å². The van der Waals surface area contributed by atoms with E-state index in [1.165, 1.54) is 105 Å². The zero-order chi connectivity index (χ0) is 33.3. The van der Waals surface area contributed by atoms with Crippen molar-refractivity contribution in [1.82, 2.24) is 4.98 Å². The molecule has 0 unspecified atom stereocenters. The zero-order valence-electron chi connectivity index (χ0n) is 27.7. The Morgan fingerprint density at radius 2 is 0.941 bits per heavy atom. The summed E-state index contributed by atoms with van der Waals surface area (Å²) in [4.78, 5) is 4.49. The first kappa shape index (κ1) is 27.3. The van der Waals surface area contributed by atoms with Gasteiger partial charge in [0.15, 0.2) is 0 Å². The summed E-state index contributed by atoms with van der Waals surface area (Å²) in [5.41, 5.74) is 20.6. The van der Waals surface area contributed by atoms with Crippen LogP contribution in [0.1, 0.15) is 22.3 Å². The number of hydrogen-bond donors (Lipinski definition) is 0. The van der Waals surface area contributed by atoms with Gasteiger partial charge in [-0.25, -0.2) is 0 Å². The van der Waals surface area contributed by atoms with Gasteiger partial charge < -0.3 is 0 Å². The molecular weight excluding hydrogens is 615 g/mol. The molecule has 1 heterocycles. The summed E-state index contributed by atoms with van der Waals surface area (Å²) in [6.07, 6.45) is 3.83. The normalized spacial score (nSPS) is 13.6. The summed E-state index contributed by atoms with van der Waals surface area (Å²) in [5, 5.41) is 5.13. The highest BCUT2D eigenvalue weighted by Gasteiger charge is 2.53. The highest BCUT2D eigenvalue weighted by Crippen LogP contribution is 2.67. The van der Waals surface area contributed by atoms with Gasteiger partial charge in [-0.05, 0) is 117 Å². The molecule has 0 aliphatic heterocycles. The van der Waals surface area contributed by atoms with Crippen LogP contribution in [0.25, 0.3) is 88.3 Å². The molecule has 0 atom stereocenters. The molecule has 234 valence electrons. The predicted octanol–water partition coefficient (Wildman–Crippen LogP) is 12.7. The van der Waals surface area contributed by atoms with Crippen LogP contribution in [0.3, 0.4) is 0 Å². The van der Waals surface area contributed by atoms with Crippen molar-refractivity contribution >= 4 is 21.5 Å². The molecule has 0 bridgehead atoms. The minimum atomic E-state index is -0.434. The number of hydrogen-bond acceptors (Lipinski definition) is 1. The van der Waals surface area contributed by atoms with E-state index in [4.69, 9.17) is 0 Å². The van der Waals surface area contributed by atoms with Gasteiger partial charge in [0.05, 0.1) is 5.41 Å². The van der Waals surface area contributed by atoms with E-state index in [1.807, 2.05) is 18.5 Å². The molecule has 12 rings (SSSR count). The Hall–Kier alpha value is -6.57. The van der Waals surface area contributed by atoms with Gasteiger partial charge in [-0.15, -0.1) is 0 Å². The van der Waals surface area contributed by atoms with Crippen LogP contribution in [0.4, 0.5) is 0 Å². The standard InChI is InChI=1S/C50H29N/c1-2-16-34-33(15-1)32(31-14-11-27-51-29-31)25-26-38(34)49-47-40-21-10-13-30-12-9-20-37(46(30)40)41(47)28-45-48(49)39-19-5-8-24-44(39)50(45)42-22-6-3-17-35(42)36-18-4-7-23-43(36)50/h1-29H. The third kappa shape index (κ3) is 3.29. The molecule has 1 heteroatoms. The Kier molecular flexibility index (Phi) is 5.23. The molecule has 0 radical (unpaired) electrons. The first-order chi connectivity index (χ1) is 25.3. The molecule has 3 aliphatic rings. The fourth-order valence-electron chi connectivity index (χ4n) is 10.1. The van der Waals surface area contributed by atoms with Crippen molar-refractivity contribution in [1.29, 1.82) is 0 Å². The second-order valence-electron chi connectivity index (χ2n) is 14.1. The second kappa shape index (κ2) is 9.78. The van der Waals surface area contributed by atoms with Crippen LogP contribution in [0.2, 0.25) is 0 Å². The zero-order valence-corrected chi connectivity index (χ0v) is 27.7. The van der Waals surface area contributed by atoms with E-state index < -0.39 is 5.41 Å². The Balaban J connectivity index is 1.30. The summed E-state index contributed by atoms with van der Waals surface area (Å²) in [7, 11) is 0. The quantitative estimate of drug-likeness (QED) is 0.183. The van der Waals surface area contributed by atoms with E-state index in [1.54, 1.807) is 0 Å². The first-order valence-electron chi connectivity index (χ1n) is 17.8. The lowest BCUT2D eigenvalue weighted by molar-refractivity contribution is 0.794. The van der Waals surface area contributed by atoms with Crippen LogP contribution >= 0.6 is 0 Å². The summed E-state index contributed by atoms with van der Waals surface area (Å²) in [5.74, 6) is 0. The maximum atomic E-state index is 4.49. The van der Waals surface area contributed by atoms with E-state index in [2.05, 4.69) is 163 Å². The third-order valence-corrected chi connectivity index (χ3v) is 11.9.